The first-order valence-electron chi connectivity index (χ1n) is 9.18. The van der Waals surface area contributed by atoms with Gasteiger partial charge in [-0.1, -0.05) is 6.92 Å². The van der Waals surface area contributed by atoms with Crippen molar-refractivity contribution in [2.24, 2.45) is 18.0 Å². The standard InChI is InChI=1S/C19H29N5S.HI/c1-4-20-19(21-10-15(2)18-6-8-25-14-18)24-7-5-16(13-24)9-17-11-22-23(3)12-17;/h6,8,11-12,14-16H,4-5,7,9-10,13H2,1-3H3,(H,20,21);1H. The number of hydrogen-bond donors (Lipinski definition) is 1. The fraction of sp³-hybridized carbons (Fsp3) is 0.579. The topological polar surface area (TPSA) is 45.5 Å². The molecule has 3 rings (SSSR count). The first-order chi connectivity index (χ1) is 12.2. The highest BCUT2D eigenvalue weighted by molar-refractivity contribution is 14.0. The summed E-state index contributed by atoms with van der Waals surface area (Å²) in [5.41, 5.74) is 2.72. The molecule has 0 aliphatic carbocycles. The van der Waals surface area contributed by atoms with Gasteiger partial charge in [-0.05, 0) is 53.6 Å². The first kappa shape index (κ1) is 21.2. The predicted molar refractivity (Wildman–Crippen MR) is 121 cm³/mol. The van der Waals surface area contributed by atoms with Gasteiger partial charge < -0.3 is 10.2 Å². The number of nitrogens with zero attached hydrogens (tertiary/aromatic N) is 4. The summed E-state index contributed by atoms with van der Waals surface area (Å²) in [6, 6.07) is 2.21. The van der Waals surface area contributed by atoms with Crippen LogP contribution in [0, 0.1) is 5.92 Å². The third-order valence-electron chi connectivity index (χ3n) is 4.83. The van der Waals surface area contributed by atoms with Crippen LogP contribution in [-0.2, 0) is 13.5 Å². The van der Waals surface area contributed by atoms with Gasteiger partial charge in [0.1, 0.15) is 0 Å². The highest BCUT2D eigenvalue weighted by Crippen LogP contribution is 2.22. The van der Waals surface area contributed by atoms with Crippen molar-refractivity contribution in [3.05, 3.63) is 40.3 Å². The Hall–Kier alpha value is -1.09. The van der Waals surface area contributed by atoms with Crippen molar-refractivity contribution in [1.29, 1.82) is 0 Å². The Kier molecular flexibility index (Phi) is 8.40. The summed E-state index contributed by atoms with van der Waals surface area (Å²) in [4.78, 5) is 7.34. The maximum atomic E-state index is 4.92. The van der Waals surface area contributed by atoms with E-state index in [1.165, 1.54) is 17.5 Å². The minimum absolute atomic E-state index is 0. The lowest BCUT2D eigenvalue weighted by Gasteiger charge is -2.22. The molecule has 2 unspecified atom stereocenters. The number of thiophene rings is 1. The molecule has 0 spiro atoms. The van der Waals surface area contributed by atoms with Crippen LogP contribution in [0.2, 0.25) is 0 Å². The Balaban J connectivity index is 0.00000243. The van der Waals surface area contributed by atoms with Gasteiger partial charge in [-0.25, -0.2) is 0 Å². The van der Waals surface area contributed by atoms with Crippen molar-refractivity contribution in [1.82, 2.24) is 20.0 Å². The second kappa shape index (κ2) is 10.3. The number of aliphatic imine (C=N–C) groups is 1. The molecule has 0 radical (unpaired) electrons. The lowest BCUT2D eigenvalue weighted by molar-refractivity contribution is 0.459. The molecular weight excluding hydrogens is 457 g/mol. The van der Waals surface area contributed by atoms with E-state index in [0.29, 0.717) is 11.8 Å². The second-order valence-corrected chi connectivity index (χ2v) is 7.76. The molecule has 5 nitrogen and oxygen atoms in total. The molecule has 0 saturated carbocycles. The summed E-state index contributed by atoms with van der Waals surface area (Å²) in [6.45, 7) is 8.31. The maximum Gasteiger partial charge on any atom is 0.193 e. The van der Waals surface area contributed by atoms with Crippen LogP contribution in [0.1, 0.15) is 37.3 Å². The third kappa shape index (κ3) is 5.70. The van der Waals surface area contributed by atoms with Crippen molar-refractivity contribution in [3.8, 4) is 0 Å². The number of likely N-dealkylation sites (tertiary alicyclic amines) is 1. The Bertz CT molecular complexity index is 682. The molecule has 1 fully saturated rings. The molecule has 1 saturated heterocycles. The van der Waals surface area contributed by atoms with Gasteiger partial charge in [0.05, 0.1) is 6.20 Å². The number of rotatable bonds is 6. The molecule has 0 bridgehead atoms. The largest absolute Gasteiger partial charge is 0.357 e. The fourth-order valence-corrected chi connectivity index (χ4v) is 4.19. The second-order valence-electron chi connectivity index (χ2n) is 6.98. The predicted octanol–water partition coefficient (Wildman–Crippen LogP) is 3.73. The van der Waals surface area contributed by atoms with Crippen LogP contribution in [0.4, 0.5) is 0 Å². The van der Waals surface area contributed by atoms with Crippen LogP contribution in [0.3, 0.4) is 0 Å². The van der Waals surface area contributed by atoms with E-state index in [1.807, 2.05) is 17.9 Å². The SMILES string of the molecule is CCNC(=NCC(C)c1ccsc1)N1CCC(Cc2cnn(C)c2)C1.I. The van der Waals surface area contributed by atoms with Crippen LogP contribution in [0.15, 0.2) is 34.2 Å². The van der Waals surface area contributed by atoms with Gasteiger partial charge in [-0.3, -0.25) is 9.67 Å². The molecule has 1 N–H and O–H groups in total. The molecule has 3 heterocycles. The Morgan fingerprint density at radius 2 is 2.35 bits per heavy atom. The van der Waals surface area contributed by atoms with Crippen LogP contribution in [-0.4, -0.2) is 46.8 Å². The molecule has 1 aliphatic rings. The summed E-state index contributed by atoms with van der Waals surface area (Å²) in [6.07, 6.45) is 6.45. The Morgan fingerprint density at radius 3 is 3.00 bits per heavy atom. The van der Waals surface area contributed by atoms with Crippen molar-refractivity contribution < 1.29 is 0 Å². The number of nitrogens with one attached hydrogen (secondary N) is 1. The van der Waals surface area contributed by atoms with Crippen molar-refractivity contribution >= 4 is 41.3 Å². The van der Waals surface area contributed by atoms with Crippen molar-refractivity contribution in [2.75, 3.05) is 26.2 Å². The molecule has 0 amide bonds. The van der Waals surface area contributed by atoms with Crippen LogP contribution in [0.25, 0.3) is 0 Å². The summed E-state index contributed by atoms with van der Waals surface area (Å²) >= 11 is 1.76. The van der Waals surface area contributed by atoms with E-state index in [0.717, 1.165) is 38.6 Å². The molecule has 2 aromatic heterocycles. The smallest absolute Gasteiger partial charge is 0.193 e. The lowest BCUT2D eigenvalue weighted by atomic mass is 10.0. The monoisotopic (exact) mass is 487 g/mol. The van der Waals surface area contributed by atoms with Crippen LogP contribution >= 0.6 is 35.3 Å². The summed E-state index contributed by atoms with van der Waals surface area (Å²) in [5.74, 6) is 2.22. The van der Waals surface area contributed by atoms with E-state index in [4.69, 9.17) is 4.99 Å². The van der Waals surface area contributed by atoms with E-state index in [-0.39, 0.29) is 24.0 Å². The third-order valence-corrected chi connectivity index (χ3v) is 5.53. The zero-order chi connectivity index (χ0) is 17.6. The fourth-order valence-electron chi connectivity index (χ4n) is 3.41. The van der Waals surface area contributed by atoms with Gasteiger partial charge in [0.25, 0.3) is 0 Å². The number of hydrogen-bond acceptors (Lipinski definition) is 3. The number of aromatic nitrogens is 2. The normalized spacial score (nSPS) is 18.7. The van der Waals surface area contributed by atoms with E-state index in [2.05, 4.69) is 52.2 Å². The van der Waals surface area contributed by atoms with Gasteiger partial charge >= 0.3 is 0 Å². The Labute approximate surface area is 177 Å². The minimum Gasteiger partial charge on any atom is -0.357 e. The maximum absolute atomic E-state index is 4.92. The Morgan fingerprint density at radius 1 is 1.50 bits per heavy atom. The molecule has 26 heavy (non-hydrogen) atoms. The van der Waals surface area contributed by atoms with E-state index >= 15 is 0 Å². The summed E-state index contributed by atoms with van der Waals surface area (Å²) in [5, 5.41) is 12.1. The van der Waals surface area contributed by atoms with E-state index in [1.54, 1.807) is 11.3 Å². The van der Waals surface area contributed by atoms with Gasteiger partial charge in [0.15, 0.2) is 5.96 Å². The molecule has 7 heteroatoms. The molecule has 2 atom stereocenters. The van der Waals surface area contributed by atoms with Gasteiger partial charge in [-0.2, -0.15) is 16.4 Å². The molecule has 0 aromatic carbocycles. The number of guanidine groups is 1. The molecular formula is C19H30IN5S. The lowest BCUT2D eigenvalue weighted by Crippen LogP contribution is -2.40. The molecule has 1 aliphatic heterocycles. The average Bonchev–Trinajstić information content (AvgIpc) is 3.33. The summed E-state index contributed by atoms with van der Waals surface area (Å²) in [7, 11) is 1.98. The highest BCUT2D eigenvalue weighted by atomic mass is 127. The zero-order valence-electron chi connectivity index (χ0n) is 15.9. The molecule has 144 valence electrons. The van der Waals surface area contributed by atoms with Gasteiger partial charge in [0.2, 0.25) is 0 Å². The van der Waals surface area contributed by atoms with Crippen molar-refractivity contribution in [3.63, 3.8) is 0 Å². The summed E-state index contributed by atoms with van der Waals surface area (Å²) < 4.78 is 1.89. The van der Waals surface area contributed by atoms with E-state index in [9.17, 15) is 0 Å². The number of aryl methyl sites for hydroxylation is 1. The molecule has 2 aromatic rings. The number of halogens is 1. The van der Waals surface area contributed by atoms with Crippen LogP contribution < -0.4 is 5.32 Å². The van der Waals surface area contributed by atoms with Gasteiger partial charge in [0, 0.05) is 45.3 Å². The highest BCUT2D eigenvalue weighted by Gasteiger charge is 2.25. The van der Waals surface area contributed by atoms with Crippen molar-refractivity contribution in [2.45, 2.75) is 32.6 Å². The first-order valence-corrected chi connectivity index (χ1v) is 10.1. The zero-order valence-corrected chi connectivity index (χ0v) is 19.0. The van der Waals surface area contributed by atoms with Gasteiger partial charge in [-0.15, -0.1) is 24.0 Å². The van der Waals surface area contributed by atoms with Crippen LogP contribution in [0.5, 0.6) is 0 Å². The quantitative estimate of drug-likeness (QED) is 0.384. The average molecular weight is 487 g/mol. The minimum atomic E-state index is 0. The van der Waals surface area contributed by atoms with E-state index < -0.39 is 0 Å².